The topological polar surface area (TPSA) is 94.1 Å². The molecule has 1 aliphatic rings. The average Bonchev–Trinajstić information content (AvgIpc) is 2.51. The van der Waals surface area contributed by atoms with E-state index in [-0.39, 0.29) is 36.0 Å². The summed E-state index contributed by atoms with van der Waals surface area (Å²) in [5, 5.41) is 10.7. The predicted molar refractivity (Wildman–Crippen MR) is 73.5 cm³/mol. The van der Waals surface area contributed by atoms with Crippen molar-refractivity contribution in [1.82, 2.24) is 5.32 Å². The molecule has 10 heteroatoms. The van der Waals surface area contributed by atoms with Crippen molar-refractivity contribution >= 4 is 11.9 Å². The maximum atomic E-state index is 12.4. The van der Waals surface area contributed by atoms with E-state index in [2.05, 4.69) is 0 Å². The number of carbonyl (C=O) groups is 2. The van der Waals surface area contributed by atoms with Gasteiger partial charge in [0.25, 0.3) is 5.91 Å². The second-order valence-corrected chi connectivity index (χ2v) is 4.89. The zero-order chi connectivity index (χ0) is 17.9. The fraction of sp³-hybridized carbons (Fsp3) is 0.429. The van der Waals surface area contributed by atoms with Crippen LogP contribution in [0.5, 0.6) is 17.2 Å². The summed E-state index contributed by atoms with van der Waals surface area (Å²) in [4.78, 5) is 23.0. The quantitative estimate of drug-likeness (QED) is 0.839. The van der Waals surface area contributed by atoms with Crippen LogP contribution in [0.15, 0.2) is 12.1 Å². The number of alkyl halides is 3. The van der Waals surface area contributed by atoms with E-state index in [0.29, 0.717) is 0 Å². The molecule has 2 N–H and O–H groups in total. The van der Waals surface area contributed by atoms with Crippen LogP contribution in [0.25, 0.3) is 0 Å². The first-order valence-electron chi connectivity index (χ1n) is 6.79. The molecular weight excluding hydrogens is 335 g/mol. The summed E-state index contributed by atoms with van der Waals surface area (Å²) in [6.07, 6.45) is -6.42. The molecule has 132 valence electrons. The number of hydrogen-bond acceptors (Lipinski definition) is 5. The summed E-state index contributed by atoms with van der Waals surface area (Å²) >= 11 is 0. The molecule has 1 aliphatic heterocycles. The molecule has 1 aromatic carbocycles. The number of hydrogen-bond donors (Lipinski definition) is 2. The van der Waals surface area contributed by atoms with Gasteiger partial charge in [-0.3, -0.25) is 4.79 Å². The lowest BCUT2D eigenvalue weighted by Crippen LogP contribution is -2.43. The van der Waals surface area contributed by atoms with Gasteiger partial charge in [0, 0.05) is 5.56 Å². The lowest BCUT2D eigenvalue weighted by atomic mass is 10.1. The van der Waals surface area contributed by atoms with Gasteiger partial charge in [-0.25, -0.2) is 4.79 Å². The van der Waals surface area contributed by atoms with E-state index < -0.39 is 30.5 Å². The fourth-order valence-electron chi connectivity index (χ4n) is 2.08. The Morgan fingerprint density at radius 1 is 1.33 bits per heavy atom. The van der Waals surface area contributed by atoms with Gasteiger partial charge in [0.05, 0.1) is 13.5 Å². The molecule has 0 aromatic heterocycles. The molecule has 0 spiro atoms. The molecule has 0 radical (unpaired) electrons. The summed E-state index contributed by atoms with van der Waals surface area (Å²) in [5.74, 6) is -2.18. The van der Waals surface area contributed by atoms with Crippen molar-refractivity contribution in [1.29, 1.82) is 0 Å². The van der Waals surface area contributed by atoms with Crippen LogP contribution >= 0.6 is 0 Å². The first-order chi connectivity index (χ1) is 11.2. The SMILES string of the molecule is COc1cc(C(=O)NC(CC(F)(F)F)C(=O)O)cc2c1OCCO2. The minimum absolute atomic E-state index is 0.107. The summed E-state index contributed by atoms with van der Waals surface area (Å²) in [7, 11) is 1.32. The molecule has 0 bridgehead atoms. The van der Waals surface area contributed by atoms with Crippen molar-refractivity contribution < 1.29 is 42.1 Å². The number of rotatable bonds is 5. The molecule has 0 aliphatic carbocycles. The van der Waals surface area contributed by atoms with Crippen molar-refractivity contribution in [2.24, 2.45) is 0 Å². The van der Waals surface area contributed by atoms with Gasteiger partial charge in [-0.2, -0.15) is 13.2 Å². The third kappa shape index (κ3) is 4.21. The smallest absolute Gasteiger partial charge is 0.391 e. The highest BCUT2D eigenvalue weighted by molar-refractivity contribution is 5.97. The van der Waals surface area contributed by atoms with E-state index in [4.69, 9.17) is 19.3 Å². The highest BCUT2D eigenvalue weighted by Crippen LogP contribution is 2.40. The summed E-state index contributed by atoms with van der Waals surface area (Å²) in [6, 6.07) is 0.380. The molecule has 0 saturated heterocycles. The van der Waals surface area contributed by atoms with Crippen LogP contribution in [0, 0.1) is 0 Å². The van der Waals surface area contributed by atoms with Gasteiger partial charge in [-0.1, -0.05) is 0 Å². The Morgan fingerprint density at radius 2 is 2.00 bits per heavy atom. The Balaban J connectivity index is 2.24. The summed E-state index contributed by atoms with van der Waals surface area (Å²) in [5.41, 5.74) is -0.107. The molecule has 0 saturated carbocycles. The van der Waals surface area contributed by atoms with E-state index in [9.17, 15) is 22.8 Å². The number of halogens is 3. The Labute approximate surface area is 134 Å². The fourth-order valence-corrected chi connectivity index (χ4v) is 2.08. The Bertz CT molecular complexity index is 629. The Hall–Kier alpha value is -2.65. The average molecular weight is 349 g/mol. The number of benzene rings is 1. The molecule has 1 heterocycles. The molecule has 1 amide bonds. The minimum Gasteiger partial charge on any atom is -0.493 e. The number of ether oxygens (including phenoxy) is 3. The van der Waals surface area contributed by atoms with Crippen LogP contribution in [-0.4, -0.2) is 49.5 Å². The zero-order valence-electron chi connectivity index (χ0n) is 12.5. The maximum Gasteiger partial charge on any atom is 0.391 e. The number of amides is 1. The molecule has 1 atom stereocenters. The van der Waals surface area contributed by atoms with Gasteiger partial charge in [-0.15, -0.1) is 0 Å². The third-order valence-electron chi connectivity index (χ3n) is 3.13. The first-order valence-corrected chi connectivity index (χ1v) is 6.79. The number of aliphatic carboxylic acids is 1. The summed E-state index contributed by atoms with van der Waals surface area (Å²) in [6.45, 7) is 0.509. The monoisotopic (exact) mass is 349 g/mol. The normalized spacial score (nSPS) is 14.7. The van der Waals surface area contributed by atoms with Crippen LogP contribution < -0.4 is 19.5 Å². The van der Waals surface area contributed by atoms with E-state index in [1.165, 1.54) is 19.2 Å². The third-order valence-corrected chi connectivity index (χ3v) is 3.13. The molecule has 2 rings (SSSR count). The van der Waals surface area contributed by atoms with E-state index in [1.807, 2.05) is 5.32 Å². The number of nitrogens with one attached hydrogen (secondary N) is 1. The van der Waals surface area contributed by atoms with Crippen LogP contribution in [0.1, 0.15) is 16.8 Å². The van der Waals surface area contributed by atoms with E-state index in [1.54, 1.807) is 0 Å². The van der Waals surface area contributed by atoms with Crippen molar-refractivity contribution in [3.05, 3.63) is 17.7 Å². The standard InChI is InChI=1S/C14H14F3NO6/c1-22-9-4-7(5-10-11(9)24-3-2-23-10)12(19)18-8(13(20)21)6-14(15,16)17/h4-5,8H,2-3,6H2,1H3,(H,18,19)(H,20,21). The van der Waals surface area contributed by atoms with E-state index in [0.717, 1.165) is 0 Å². The molecule has 24 heavy (non-hydrogen) atoms. The van der Waals surface area contributed by atoms with Crippen LogP contribution in [0.2, 0.25) is 0 Å². The van der Waals surface area contributed by atoms with Gasteiger partial charge in [0.1, 0.15) is 19.3 Å². The number of carboxylic acid groups (broad SMARTS) is 1. The number of methoxy groups -OCH3 is 1. The van der Waals surface area contributed by atoms with Gasteiger partial charge in [0.15, 0.2) is 11.5 Å². The highest BCUT2D eigenvalue weighted by atomic mass is 19.4. The zero-order valence-corrected chi connectivity index (χ0v) is 12.5. The van der Waals surface area contributed by atoms with E-state index >= 15 is 0 Å². The number of carbonyl (C=O) groups excluding carboxylic acids is 1. The number of carboxylic acids is 1. The van der Waals surface area contributed by atoms with Crippen molar-refractivity contribution in [3.63, 3.8) is 0 Å². The van der Waals surface area contributed by atoms with Crippen LogP contribution in [0.3, 0.4) is 0 Å². The lowest BCUT2D eigenvalue weighted by molar-refractivity contribution is -0.157. The second kappa shape index (κ2) is 6.85. The highest BCUT2D eigenvalue weighted by Gasteiger charge is 2.36. The molecular formula is C14H14F3NO6. The van der Waals surface area contributed by atoms with Gasteiger partial charge >= 0.3 is 12.1 Å². The van der Waals surface area contributed by atoms with Gasteiger partial charge in [-0.05, 0) is 12.1 Å². The minimum atomic E-state index is -4.74. The van der Waals surface area contributed by atoms with Crippen LogP contribution in [-0.2, 0) is 4.79 Å². The summed E-state index contributed by atoms with van der Waals surface area (Å²) < 4.78 is 52.9. The Kier molecular flexibility index (Phi) is 5.05. The molecule has 1 aromatic rings. The number of fused-ring (bicyclic) bond motifs is 1. The van der Waals surface area contributed by atoms with Crippen molar-refractivity contribution in [2.45, 2.75) is 18.6 Å². The molecule has 0 fully saturated rings. The largest absolute Gasteiger partial charge is 0.493 e. The van der Waals surface area contributed by atoms with Crippen LogP contribution in [0.4, 0.5) is 13.2 Å². The van der Waals surface area contributed by atoms with Crippen molar-refractivity contribution in [2.75, 3.05) is 20.3 Å². The van der Waals surface area contributed by atoms with Gasteiger partial charge in [0.2, 0.25) is 5.75 Å². The van der Waals surface area contributed by atoms with Gasteiger partial charge < -0.3 is 24.6 Å². The predicted octanol–water partition coefficient (Wildman–Crippen LogP) is 1.60. The molecule has 1 unspecified atom stereocenters. The Morgan fingerprint density at radius 3 is 2.58 bits per heavy atom. The lowest BCUT2D eigenvalue weighted by Gasteiger charge is -2.22. The molecule has 7 nitrogen and oxygen atoms in total. The van der Waals surface area contributed by atoms with Crippen molar-refractivity contribution in [3.8, 4) is 17.2 Å². The maximum absolute atomic E-state index is 12.4. The second-order valence-electron chi connectivity index (χ2n) is 4.89. The first kappa shape index (κ1) is 17.7.